The van der Waals surface area contributed by atoms with Crippen LogP contribution in [0.3, 0.4) is 0 Å². The number of hydrogen-bond donors (Lipinski definition) is 0. The predicted octanol–water partition coefficient (Wildman–Crippen LogP) is 1.78. The zero-order valence-corrected chi connectivity index (χ0v) is 11.2. The summed E-state index contributed by atoms with van der Waals surface area (Å²) < 4.78 is 4.89. The van der Waals surface area contributed by atoms with Crippen LogP contribution in [0.25, 0.3) is 0 Å². The molecule has 0 bridgehead atoms. The molecule has 2 rings (SSSR count). The number of likely N-dealkylation sites (N-methyl/N-ethyl adjacent to an activating group) is 1. The van der Waals surface area contributed by atoms with Gasteiger partial charge in [-0.25, -0.2) is 14.9 Å². The predicted molar refractivity (Wildman–Crippen MR) is 71.5 cm³/mol. The van der Waals surface area contributed by atoms with Gasteiger partial charge in [-0.05, 0) is 12.5 Å². The van der Waals surface area contributed by atoms with E-state index in [4.69, 9.17) is 9.57 Å². The summed E-state index contributed by atoms with van der Waals surface area (Å²) in [6, 6.07) is 10.0. The average molecular weight is 262 g/mol. The van der Waals surface area contributed by atoms with Gasteiger partial charge >= 0.3 is 5.97 Å². The molecule has 0 saturated heterocycles. The quantitative estimate of drug-likeness (QED) is 0.759. The number of amidine groups is 1. The van der Waals surface area contributed by atoms with Gasteiger partial charge in [0, 0.05) is 13.5 Å². The summed E-state index contributed by atoms with van der Waals surface area (Å²) in [7, 11) is 1.80. The number of hydroxylamine groups is 2. The van der Waals surface area contributed by atoms with Crippen molar-refractivity contribution >= 4 is 11.8 Å². The Balaban J connectivity index is 1.95. The maximum atomic E-state index is 11.4. The molecule has 0 aliphatic carbocycles. The van der Waals surface area contributed by atoms with Crippen LogP contribution in [0.5, 0.6) is 0 Å². The number of hydrogen-bond acceptors (Lipinski definition) is 5. The standard InChI is InChI=1S/C14H18N2O3/c1-3-18-14(17)10-13-15-12(16(2)19-13)9-11-7-5-4-6-8-11/h4-8,13H,3,9-10H2,1-2H3. The zero-order valence-electron chi connectivity index (χ0n) is 11.2. The maximum absolute atomic E-state index is 11.4. The summed E-state index contributed by atoms with van der Waals surface area (Å²) in [4.78, 5) is 21.3. The van der Waals surface area contributed by atoms with E-state index in [0.717, 1.165) is 11.4 Å². The second-order valence-corrected chi connectivity index (χ2v) is 4.27. The van der Waals surface area contributed by atoms with E-state index in [1.165, 1.54) is 0 Å². The summed E-state index contributed by atoms with van der Waals surface area (Å²) in [6.07, 6.45) is 0.371. The molecule has 1 atom stereocenters. The topological polar surface area (TPSA) is 51.1 Å². The van der Waals surface area contributed by atoms with Gasteiger partial charge in [0.1, 0.15) is 5.84 Å². The van der Waals surface area contributed by atoms with E-state index >= 15 is 0 Å². The Morgan fingerprint density at radius 1 is 1.42 bits per heavy atom. The largest absolute Gasteiger partial charge is 0.466 e. The minimum atomic E-state index is -0.470. The van der Waals surface area contributed by atoms with Crippen LogP contribution in [0.2, 0.25) is 0 Å². The van der Waals surface area contributed by atoms with E-state index in [-0.39, 0.29) is 12.4 Å². The van der Waals surface area contributed by atoms with Crippen molar-refractivity contribution in [1.29, 1.82) is 0 Å². The molecular formula is C14H18N2O3. The molecular weight excluding hydrogens is 244 g/mol. The summed E-state index contributed by atoms with van der Waals surface area (Å²) in [5.74, 6) is 0.533. The van der Waals surface area contributed by atoms with E-state index in [1.54, 1.807) is 19.0 Å². The molecule has 1 aromatic carbocycles. The average Bonchev–Trinajstić information content (AvgIpc) is 2.71. The number of carbonyl (C=O) groups is 1. The summed E-state index contributed by atoms with van der Waals surface area (Å²) in [5.41, 5.74) is 1.16. The Morgan fingerprint density at radius 3 is 2.84 bits per heavy atom. The summed E-state index contributed by atoms with van der Waals surface area (Å²) >= 11 is 0. The highest BCUT2D eigenvalue weighted by Gasteiger charge is 2.25. The van der Waals surface area contributed by atoms with Gasteiger partial charge in [0.15, 0.2) is 6.23 Å². The lowest BCUT2D eigenvalue weighted by molar-refractivity contribution is -0.153. The third kappa shape index (κ3) is 3.79. The Bertz CT molecular complexity index is 459. The van der Waals surface area contributed by atoms with Crippen molar-refractivity contribution < 1.29 is 14.4 Å². The van der Waals surface area contributed by atoms with Crippen molar-refractivity contribution in [1.82, 2.24) is 5.06 Å². The van der Waals surface area contributed by atoms with Crippen LogP contribution < -0.4 is 0 Å². The van der Waals surface area contributed by atoms with E-state index in [0.29, 0.717) is 13.0 Å². The molecule has 0 N–H and O–H groups in total. The lowest BCUT2D eigenvalue weighted by Crippen LogP contribution is -2.24. The van der Waals surface area contributed by atoms with Crippen LogP contribution in [0.4, 0.5) is 0 Å². The van der Waals surface area contributed by atoms with Crippen LogP contribution in [0, 0.1) is 0 Å². The molecule has 1 heterocycles. The van der Waals surface area contributed by atoms with Gasteiger partial charge in [0.05, 0.1) is 13.0 Å². The number of ether oxygens (including phenoxy) is 1. The normalized spacial score (nSPS) is 18.3. The van der Waals surface area contributed by atoms with Crippen LogP contribution >= 0.6 is 0 Å². The highest BCUT2D eigenvalue weighted by Crippen LogP contribution is 2.16. The second kappa shape index (κ2) is 6.33. The van der Waals surface area contributed by atoms with Crippen molar-refractivity contribution in [2.24, 2.45) is 4.99 Å². The van der Waals surface area contributed by atoms with Crippen molar-refractivity contribution in [3.8, 4) is 0 Å². The molecule has 0 amide bonds. The number of carbonyl (C=O) groups excluding carboxylic acids is 1. The van der Waals surface area contributed by atoms with Gasteiger partial charge in [0.25, 0.3) is 0 Å². The van der Waals surface area contributed by atoms with Gasteiger partial charge in [-0.15, -0.1) is 0 Å². The monoisotopic (exact) mass is 262 g/mol. The first kappa shape index (κ1) is 13.5. The molecule has 1 aromatic rings. The van der Waals surface area contributed by atoms with Crippen molar-refractivity contribution in [2.45, 2.75) is 26.0 Å². The number of esters is 1. The fourth-order valence-corrected chi connectivity index (χ4v) is 1.90. The molecule has 1 unspecified atom stereocenters. The Kier molecular flexibility index (Phi) is 4.52. The fourth-order valence-electron chi connectivity index (χ4n) is 1.90. The molecule has 19 heavy (non-hydrogen) atoms. The molecule has 1 aliphatic rings. The molecule has 0 fully saturated rings. The molecule has 102 valence electrons. The van der Waals surface area contributed by atoms with Crippen LogP contribution in [0.15, 0.2) is 35.3 Å². The number of aliphatic imine (C=N–C) groups is 1. The third-order valence-electron chi connectivity index (χ3n) is 2.79. The molecule has 0 radical (unpaired) electrons. The van der Waals surface area contributed by atoms with Gasteiger partial charge in [-0.2, -0.15) is 0 Å². The Hall–Kier alpha value is -1.88. The molecule has 5 heteroatoms. The SMILES string of the molecule is CCOC(=O)CC1N=C(Cc2ccccc2)N(C)O1. The van der Waals surface area contributed by atoms with Crippen LogP contribution in [-0.4, -0.2) is 36.8 Å². The second-order valence-electron chi connectivity index (χ2n) is 4.27. The highest BCUT2D eigenvalue weighted by molar-refractivity contribution is 5.85. The molecule has 0 spiro atoms. The number of rotatable bonds is 5. The minimum absolute atomic E-state index is 0.149. The third-order valence-corrected chi connectivity index (χ3v) is 2.79. The van der Waals surface area contributed by atoms with E-state index in [2.05, 4.69) is 4.99 Å². The lowest BCUT2D eigenvalue weighted by atomic mass is 10.1. The number of nitrogens with zero attached hydrogens (tertiary/aromatic N) is 2. The first-order valence-corrected chi connectivity index (χ1v) is 6.35. The molecule has 0 aromatic heterocycles. The molecule has 1 aliphatic heterocycles. The first-order valence-electron chi connectivity index (χ1n) is 6.35. The van der Waals surface area contributed by atoms with Gasteiger partial charge in [-0.1, -0.05) is 30.3 Å². The van der Waals surface area contributed by atoms with Gasteiger partial charge in [0.2, 0.25) is 0 Å². The Labute approximate surface area is 112 Å². The maximum Gasteiger partial charge on any atom is 0.310 e. The summed E-state index contributed by atoms with van der Waals surface area (Å²) in [6.45, 7) is 2.16. The van der Waals surface area contributed by atoms with E-state index < -0.39 is 6.23 Å². The van der Waals surface area contributed by atoms with Gasteiger partial charge in [-0.3, -0.25) is 4.79 Å². The highest BCUT2D eigenvalue weighted by atomic mass is 16.7. The summed E-state index contributed by atoms with van der Waals surface area (Å²) in [5, 5.41) is 1.62. The van der Waals surface area contributed by atoms with E-state index in [9.17, 15) is 4.79 Å². The van der Waals surface area contributed by atoms with Crippen LogP contribution in [-0.2, 0) is 20.8 Å². The number of benzene rings is 1. The Morgan fingerprint density at radius 2 is 2.16 bits per heavy atom. The zero-order chi connectivity index (χ0) is 13.7. The van der Waals surface area contributed by atoms with E-state index in [1.807, 2.05) is 30.3 Å². The van der Waals surface area contributed by atoms with Crippen molar-refractivity contribution in [3.63, 3.8) is 0 Å². The van der Waals surface area contributed by atoms with Crippen molar-refractivity contribution in [3.05, 3.63) is 35.9 Å². The first-order chi connectivity index (χ1) is 9.19. The smallest absolute Gasteiger partial charge is 0.310 e. The van der Waals surface area contributed by atoms with Crippen LogP contribution in [0.1, 0.15) is 18.9 Å². The fraction of sp³-hybridized carbons (Fsp3) is 0.429. The lowest BCUT2D eigenvalue weighted by Gasteiger charge is -2.13. The van der Waals surface area contributed by atoms with Crippen molar-refractivity contribution in [2.75, 3.05) is 13.7 Å². The molecule has 5 nitrogen and oxygen atoms in total. The minimum Gasteiger partial charge on any atom is -0.466 e. The molecule has 0 saturated carbocycles. The van der Waals surface area contributed by atoms with Gasteiger partial charge < -0.3 is 4.74 Å².